The number of carbonyl (C=O) groups is 1. The van der Waals surface area contributed by atoms with E-state index in [1.54, 1.807) is 6.92 Å². The fourth-order valence-electron chi connectivity index (χ4n) is 3.81. The van der Waals surface area contributed by atoms with Crippen LogP contribution in [0.25, 0.3) is 0 Å². The molecule has 1 N–H and O–H groups in total. The van der Waals surface area contributed by atoms with E-state index in [0.717, 1.165) is 49.6 Å². The highest BCUT2D eigenvalue weighted by molar-refractivity contribution is 7.92. The number of rotatable bonds is 6. The number of hydrogen-bond donors (Lipinski definition) is 1. The van der Waals surface area contributed by atoms with Gasteiger partial charge in [0, 0.05) is 0 Å². The summed E-state index contributed by atoms with van der Waals surface area (Å²) >= 11 is 5.63. The lowest BCUT2D eigenvalue weighted by molar-refractivity contribution is -0.137. The van der Waals surface area contributed by atoms with Gasteiger partial charge in [-0.15, -0.1) is 0 Å². The van der Waals surface area contributed by atoms with Gasteiger partial charge in [0.1, 0.15) is 6.54 Å². The number of fused-ring (bicyclic) bond motifs is 1. The molecule has 5 nitrogen and oxygen atoms in total. The van der Waals surface area contributed by atoms with Crippen LogP contribution in [-0.4, -0.2) is 27.1 Å². The molecule has 3 rings (SSSR count). The Hall–Kier alpha value is -2.26. The molecule has 2 aromatic carbocycles. The molecule has 0 aromatic heterocycles. The first-order valence-corrected chi connectivity index (χ1v) is 12.3. The molecule has 1 aliphatic rings. The van der Waals surface area contributed by atoms with Crippen LogP contribution < -0.4 is 9.62 Å². The second-order valence-corrected chi connectivity index (χ2v) is 10.3. The van der Waals surface area contributed by atoms with Crippen LogP contribution in [-0.2, 0) is 33.8 Å². The predicted octanol–water partition coefficient (Wildman–Crippen LogP) is 4.88. The lowest BCUT2D eigenvalue weighted by Crippen LogP contribution is -2.41. The summed E-state index contributed by atoms with van der Waals surface area (Å²) in [6.45, 7) is 1.12. The van der Waals surface area contributed by atoms with Gasteiger partial charge in [-0.25, -0.2) is 8.42 Å². The van der Waals surface area contributed by atoms with Crippen LogP contribution in [0.1, 0.15) is 48.1 Å². The molecule has 0 saturated heterocycles. The molecule has 2 aromatic rings. The highest BCUT2D eigenvalue weighted by Gasteiger charge is 2.34. The molecule has 0 spiro atoms. The Labute approximate surface area is 190 Å². The zero-order chi connectivity index (χ0) is 23.7. The number of halogens is 4. The summed E-state index contributed by atoms with van der Waals surface area (Å²) in [7, 11) is -4.04. The second kappa shape index (κ2) is 9.31. The molecule has 0 saturated carbocycles. The lowest BCUT2D eigenvalue weighted by atomic mass is 9.89. The van der Waals surface area contributed by atoms with E-state index >= 15 is 0 Å². The fraction of sp³-hybridized carbons (Fsp3) is 0.409. The zero-order valence-corrected chi connectivity index (χ0v) is 19.2. The van der Waals surface area contributed by atoms with E-state index in [1.165, 1.54) is 11.1 Å². The third-order valence-corrected chi connectivity index (χ3v) is 6.95. The van der Waals surface area contributed by atoms with Crippen LogP contribution in [0.2, 0.25) is 5.02 Å². The summed E-state index contributed by atoms with van der Waals surface area (Å²) in [5.74, 6) is -0.635. The Morgan fingerprint density at radius 1 is 1.12 bits per heavy atom. The molecule has 10 heteroatoms. The van der Waals surface area contributed by atoms with Crippen molar-refractivity contribution in [3.63, 3.8) is 0 Å². The molecule has 0 unspecified atom stereocenters. The minimum atomic E-state index is -4.76. The van der Waals surface area contributed by atoms with Crippen LogP contribution in [0.4, 0.5) is 18.9 Å². The zero-order valence-electron chi connectivity index (χ0n) is 17.7. The van der Waals surface area contributed by atoms with Crippen molar-refractivity contribution in [3.05, 3.63) is 63.7 Å². The highest BCUT2D eigenvalue weighted by atomic mass is 35.5. The van der Waals surface area contributed by atoms with Crippen LogP contribution >= 0.6 is 11.6 Å². The van der Waals surface area contributed by atoms with Crippen molar-refractivity contribution >= 4 is 33.2 Å². The van der Waals surface area contributed by atoms with Crippen molar-refractivity contribution in [1.82, 2.24) is 5.32 Å². The number of aryl methyl sites for hydroxylation is 2. The first-order chi connectivity index (χ1) is 14.9. The Kier molecular flexibility index (Phi) is 7.09. The number of carbonyl (C=O) groups excluding carboxylic acids is 1. The number of nitrogens with zero attached hydrogens (tertiary/aromatic N) is 1. The molecule has 174 valence electrons. The van der Waals surface area contributed by atoms with Gasteiger partial charge in [-0.3, -0.25) is 9.10 Å². The Balaban J connectivity index is 1.79. The van der Waals surface area contributed by atoms with E-state index in [-0.39, 0.29) is 5.69 Å². The van der Waals surface area contributed by atoms with Gasteiger partial charge in [-0.1, -0.05) is 29.8 Å². The maximum Gasteiger partial charge on any atom is 0.417 e. The van der Waals surface area contributed by atoms with Gasteiger partial charge >= 0.3 is 6.18 Å². The first-order valence-electron chi connectivity index (χ1n) is 10.1. The number of sulfonamides is 1. The van der Waals surface area contributed by atoms with Crippen molar-refractivity contribution in [2.75, 3.05) is 17.1 Å². The van der Waals surface area contributed by atoms with Gasteiger partial charge in [0.15, 0.2) is 0 Å². The molecule has 32 heavy (non-hydrogen) atoms. The van der Waals surface area contributed by atoms with E-state index < -0.39 is 45.3 Å². The second-order valence-electron chi connectivity index (χ2n) is 7.96. The average molecular weight is 489 g/mol. The fourth-order valence-corrected chi connectivity index (χ4v) is 4.88. The predicted molar refractivity (Wildman–Crippen MR) is 118 cm³/mol. The summed E-state index contributed by atoms with van der Waals surface area (Å²) in [6.07, 6.45) is 0.335. The van der Waals surface area contributed by atoms with Gasteiger partial charge in [-0.05, 0) is 67.5 Å². The van der Waals surface area contributed by atoms with Gasteiger partial charge in [-0.2, -0.15) is 13.2 Å². The largest absolute Gasteiger partial charge is 0.417 e. The van der Waals surface area contributed by atoms with Crippen LogP contribution in [0, 0.1) is 0 Å². The van der Waals surface area contributed by atoms with E-state index in [4.69, 9.17) is 11.6 Å². The Morgan fingerprint density at radius 3 is 2.41 bits per heavy atom. The third-order valence-electron chi connectivity index (χ3n) is 5.48. The average Bonchev–Trinajstić information content (AvgIpc) is 2.70. The topological polar surface area (TPSA) is 66.5 Å². The van der Waals surface area contributed by atoms with E-state index in [2.05, 4.69) is 5.32 Å². The Morgan fingerprint density at radius 2 is 1.78 bits per heavy atom. The molecular weight excluding hydrogens is 465 g/mol. The number of hydrogen-bond acceptors (Lipinski definition) is 3. The molecule has 0 radical (unpaired) electrons. The van der Waals surface area contributed by atoms with Crippen molar-refractivity contribution in [3.8, 4) is 0 Å². The SMILES string of the molecule is C[C@@H](NC(=O)CN(c1ccc(Cl)c(C(F)(F)F)c1)S(C)(=O)=O)c1ccc2c(c1)CCCC2. The molecule has 1 aliphatic carbocycles. The molecule has 0 aliphatic heterocycles. The van der Waals surface area contributed by atoms with Crippen LogP contribution in [0.3, 0.4) is 0 Å². The molecule has 0 heterocycles. The van der Waals surface area contributed by atoms with Gasteiger partial charge < -0.3 is 5.32 Å². The summed E-state index contributed by atoms with van der Waals surface area (Å²) in [4.78, 5) is 12.6. The number of amides is 1. The van der Waals surface area contributed by atoms with Gasteiger partial charge in [0.2, 0.25) is 15.9 Å². The monoisotopic (exact) mass is 488 g/mol. The maximum absolute atomic E-state index is 13.2. The Bertz CT molecular complexity index is 1120. The first kappa shape index (κ1) is 24.4. The summed E-state index contributed by atoms with van der Waals surface area (Å²) in [5.41, 5.74) is 1.96. The summed E-state index contributed by atoms with van der Waals surface area (Å²) in [6, 6.07) is 8.35. The lowest BCUT2D eigenvalue weighted by Gasteiger charge is -2.25. The maximum atomic E-state index is 13.2. The van der Waals surface area contributed by atoms with Crippen molar-refractivity contribution in [1.29, 1.82) is 0 Å². The standard InChI is InChI=1S/C22H24ClF3N2O3S/c1-14(16-8-7-15-5-3-4-6-17(15)11-16)27-21(29)13-28(32(2,30)31)18-9-10-20(23)19(12-18)22(24,25)26/h7-12,14H,3-6,13H2,1-2H3,(H,27,29)/t14-/m1/s1. The molecule has 1 atom stereocenters. The van der Waals surface area contributed by atoms with Crippen LogP contribution in [0.15, 0.2) is 36.4 Å². The number of benzene rings is 2. The molecular formula is C22H24ClF3N2O3S. The van der Waals surface area contributed by atoms with Crippen LogP contribution in [0.5, 0.6) is 0 Å². The van der Waals surface area contributed by atoms with E-state index in [9.17, 15) is 26.4 Å². The van der Waals surface area contributed by atoms with Gasteiger partial charge in [0.25, 0.3) is 0 Å². The summed E-state index contributed by atoms with van der Waals surface area (Å²) < 4.78 is 64.8. The smallest absolute Gasteiger partial charge is 0.348 e. The quantitative estimate of drug-likeness (QED) is 0.630. The minimum Gasteiger partial charge on any atom is -0.348 e. The van der Waals surface area contributed by atoms with E-state index in [0.29, 0.717) is 10.4 Å². The van der Waals surface area contributed by atoms with Gasteiger partial charge in [0.05, 0.1) is 28.6 Å². The number of nitrogens with one attached hydrogen (secondary N) is 1. The van der Waals surface area contributed by atoms with Crippen molar-refractivity contribution < 1.29 is 26.4 Å². The molecule has 0 bridgehead atoms. The normalized spacial score (nSPS) is 15.1. The van der Waals surface area contributed by atoms with Crippen molar-refractivity contribution in [2.24, 2.45) is 0 Å². The molecule has 1 amide bonds. The number of alkyl halides is 3. The summed E-state index contributed by atoms with van der Waals surface area (Å²) in [5, 5.41) is 2.18. The third kappa shape index (κ3) is 5.75. The molecule has 0 fully saturated rings. The minimum absolute atomic E-state index is 0.291. The van der Waals surface area contributed by atoms with E-state index in [1.807, 2.05) is 18.2 Å². The number of anilines is 1. The van der Waals surface area contributed by atoms with Crippen molar-refractivity contribution in [2.45, 2.75) is 44.8 Å². The highest BCUT2D eigenvalue weighted by Crippen LogP contribution is 2.37.